The van der Waals surface area contributed by atoms with Crippen LogP contribution in [-0.4, -0.2) is 33.6 Å². The topological polar surface area (TPSA) is 86.7 Å². The average Bonchev–Trinajstić information content (AvgIpc) is 2.89. The van der Waals surface area contributed by atoms with E-state index in [1.165, 1.54) is 18.2 Å². The number of thioether (sulfide) groups is 1. The zero-order valence-electron chi connectivity index (χ0n) is 14.5. The monoisotopic (exact) mass is 436 g/mol. The number of nitrogens with one attached hydrogen (secondary N) is 1. The molecule has 0 spiro atoms. The van der Waals surface area contributed by atoms with E-state index in [1.807, 2.05) is 19.1 Å². The lowest BCUT2D eigenvalue weighted by Gasteiger charge is -2.12. The number of amides is 3. The lowest BCUT2D eigenvalue weighted by Crippen LogP contribution is -2.36. The van der Waals surface area contributed by atoms with Crippen molar-refractivity contribution in [2.24, 2.45) is 0 Å². The number of benzene rings is 2. The number of nitrogens with zero attached hydrogens (tertiary/aromatic N) is 1. The van der Waals surface area contributed by atoms with Gasteiger partial charge in [0.2, 0.25) is 5.91 Å². The molecule has 1 heterocycles. The Morgan fingerprint density at radius 1 is 1.18 bits per heavy atom. The molecule has 2 aromatic rings. The molecule has 6 nitrogen and oxygen atoms in total. The van der Waals surface area contributed by atoms with Gasteiger partial charge in [0.1, 0.15) is 6.54 Å². The summed E-state index contributed by atoms with van der Waals surface area (Å²) in [5, 5.41) is 11.7. The molecular formula is C19H14Cl2N2O4S. The number of phenols is 1. The molecule has 3 amide bonds. The van der Waals surface area contributed by atoms with E-state index in [9.17, 15) is 19.5 Å². The van der Waals surface area contributed by atoms with Crippen LogP contribution in [-0.2, 0) is 9.59 Å². The molecule has 2 aromatic carbocycles. The number of carbonyl (C=O) groups is 3. The summed E-state index contributed by atoms with van der Waals surface area (Å²) >= 11 is 12.4. The standard InChI is InChI=1S/C19H14Cl2N2O4S/c1-10-2-4-12(5-3-10)22-16(24)9-23-18(26)15(28-19(23)27)8-11-6-13(20)17(25)14(21)7-11/h2-8,25H,9H2,1H3,(H,22,24)/b15-8-. The quantitative estimate of drug-likeness (QED) is 0.679. The second-order valence-corrected chi connectivity index (χ2v) is 7.82. The van der Waals surface area contributed by atoms with Crippen LogP contribution in [0.3, 0.4) is 0 Å². The summed E-state index contributed by atoms with van der Waals surface area (Å²) < 4.78 is 0. The molecule has 0 radical (unpaired) electrons. The van der Waals surface area contributed by atoms with Gasteiger partial charge in [-0.15, -0.1) is 0 Å². The predicted octanol–water partition coefficient (Wildman–Crippen LogP) is 4.68. The van der Waals surface area contributed by atoms with Gasteiger partial charge >= 0.3 is 0 Å². The molecule has 0 unspecified atom stereocenters. The molecule has 1 fully saturated rings. The summed E-state index contributed by atoms with van der Waals surface area (Å²) in [6, 6.07) is 9.99. The third kappa shape index (κ3) is 4.49. The lowest BCUT2D eigenvalue weighted by atomic mass is 10.2. The van der Waals surface area contributed by atoms with Crippen LogP contribution in [0.25, 0.3) is 6.08 Å². The maximum absolute atomic E-state index is 12.5. The first kappa shape index (κ1) is 20.3. The molecule has 0 aliphatic carbocycles. The molecule has 1 aliphatic rings. The van der Waals surface area contributed by atoms with Crippen molar-refractivity contribution in [3.05, 3.63) is 62.5 Å². The van der Waals surface area contributed by atoms with E-state index in [4.69, 9.17) is 23.2 Å². The fraction of sp³-hybridized carbons (Fsp3) is 0.105. The second-order valence-electron chi connectivity index (χ2n) is 6.02. The summed E-state index contributed by atoms with van der Waals surface area (Å²) in [5.41, 5.74) is 2.07. The first-order valence-corrected chi connectivity index (χ1v) is 9.62. The third-order valence-corrected chi connectivity index (χ3v) is 5.33. The van der Waals surface area contributed by atoms with Crippen LogP contribution in [0.5, 0.6) is 5.75 Å². The van der Waals surface area contributed by atoms with Crippen molar-refractivity contribution >= 4 is 63.8 Å². The molecule has 3 rings (SSSR count). The van der Waals surface area contributed by atoms with Crippen molar-refractivity contribution < 1.29 is 19.5 Å². The number of carbonyl (C=O) groups excluding carboxylic acids is 3. The normalized spacial score (nSPS) is 15.4. The van der Waals surface area contributed by atoms with Gasteiger partial charge in [0.05, 0.1) is 15.0 Å². The minimum atomic E-state index is -0.589. The van der Waals surface area contributed by atoms with Gasteiger partial charge in [-0.2, -0.15) is 0 Å². The van der Waals surface area contributed by atoms with E-state index >= 15 is 0 Å². The highest BCUT2D eigenvalue weighted by molar-refractivity contribution is 8.18. The summed E-state index contributed by atoms with van der Waals surface area (Å²) in [6.45, 7) is 1.53. The van der Waals surface area contributed by atoms with E-state index in [2.05, 4.69) is 5.32 Å². The lowest BCUT2D eigenvalue weighted by molar-refractivity contribution is -0.127. The van der Waals surface area contributed by atoms with E-state index in [1.54, 1.807) is 12.1 Å². The Hall–Kier alpha value is -2.48. The van der Waals surface area contributed by atoms with Crippen molar-refractivity contribution in [2.45, 2.75) is 6.92 Å². The number of aromatic hydroxyl groups is 1. The number of phenolic OH excluding ortho intramolecular Hbond substituents is 1. The zero-order chi connectivity index (χ0) is 20.4. The van der Waals surface area contributed by atoms with Crippen LogP contribution >= 0.6 is 35.0 Å². The minimum absolute atomic E-state index is 0.0236. The molecule has 28 heavy (non-hydrogen) atoms. The number of hydrogen-bond acceptors (Lipinski definition) is 5. The molecule has 2 N–H and O–H groups in total. The van der Waals surface area contributed by atoms with Gasteiger partial charge in [0.25, 0.3) is 11.1 Å². The fourth-order valence-corrected chi connectivity index (χ4v) is 3.78. The van der Waals surface area contributed by atoms with E-state index < -0.39 is 23.6 Å². The van der Waals surface area contributed by atoms with Crippen molar-refractivity contribution in [2.75, 3.05) is 11.9 Å². The van der Waals surface area contributed by atoms with Gasteiger partial charge in [-0.05, 0) is 54.6 Å². The van der Waals surface area contributed by atoms with Crippen LogP contribution in [0.4, 0.5) is 10.5 Å². The second kappa shape index (κ2) is 8.26. The van der Waals surface area contributed by atoms with Crippen LogP contribution in [0.1, 0.15) is 11.1 Å². The van der Waals surface area contributed by atoms with Gasteiger partial charge in [0.15, 0.2) is 5.75 Å². The third-order valence-electron chi connectivity index (χ3n) is 3.85. The Morgan fingerprint density at radius 2 is 1.79 bits per heavy atom. The summed E-state index contributed by atoms with van der Waals surface area (Å²) in [5.74, 6) is -1.33. The van der Waals surface area contributed by atoms with Crippen LogP contribution < -0.4 is 5.32 Å². The highest BCUT2D eigenvalue weighted by Crippen LogP contribution is 2.36. The molecule has 144 valence electrons. The number of halogens is 2. The Kier molecular flexibility index (Phi) is 5.98. The van der Waals surface area contributed by atoms with Crippen molar-refractivity contribution in [3.8, 4) is 5.75 Å². The van der Waals surface area contributed by atoms with E-state index in [-0.39, 0.29) is 20.7 Å². The van der Waals surface area contributed by atoms with Gasteiger partial charge in [-0.25, -0.2) is 0 Å². The smallest absolute Gasteiger partial charge is 0.294 e. The van der Waals surface area contributed by atoms with Gasteiger partial charge < -0.3 is 10.4 Å². The first-order chi connectivity index (χ1) is 13.2. The fourth-order valence-electron chi connectivity index (χ4n) is 2.44. The van der Waals surface area contributed by atoms with Gasteiger partial charge in [-0.3, -0.25) is 19.3 Å². The molecule has 0 atom stereocenters. The van der Waals surface area contributed by atoms with Crippen LogP contribution in [0.15, 0.2) is 41.3 Å². The molecule has 0 bridgehead atoms. The summed E-state index contributed by atoms with van der Waals surface area (Å²) in [4.78, 5) is 37.9. The van der Waals surface area contributed by atoms with Crippen molar-refractivity contribution in [1.29, 1.82) is 0 Å². The predicted molar refractivity (Wildman–Crippen MR) is 111 cm³/mol. The molecule has 9 heteroatoms. The molecule has 0 aromatic heterocycles. The summed E-state index contributed by atoms with van der Waals surface area (Å²) in [7, 11) is 0. The SMILES string of the molecule is Cc1ccc(NC(=O)CN2C(=O)S/C(=C\c3cc(Cl)c(O)c(Cl)c3)C2=O)cc1. The van der Waals surface area contributed by atoms with Crippen molar-refractivity contribution in [1.82, 2.24) is 4.90 Å². The minimum Gasteiger partial charge on any atom is -0.505 e. The van der Waals surface area contributed by atoms with E-state index in [0.29, 0.717) is 23.0 Å². The molecular weight excluding hydrogens is 423 g/mol. The number of aryl methyl sites for hydroxylation is 1. The van der Waals surface area contributed by atoms with Crippen molar-refractivity contribution in [3.63, 3.8) is 0 Å². The maximum Gasteiger partial charge on any atom is 0.294 e. The number of hydrogen-bond donors (Lipinski definition) is 2. The number of rotatable bonds is 4. The van der Waals surface area contributed by atoms with Crippen LogP contribution in [0.2, 0.25) is 10.0 Å². The average molecular weight is 437 g/mol. The largest absolute Gasteiger partial charge is 0.505 e. The molecule has 1 aliphatic heterocycles. The Bertz CT molecular complexity index is 982. The molecule has 1 saturated heterocycles. The number of anilines is 1. The highest BCUT2D eigenvalue weighted by Gasteiger charge is 2.36. The van der Waals surface area contributed by atoms with Crippen LogP contribution in [0, 0.1) is 6.92 Å². The van der Waals surface area contributed by atoms with Gasteiger partial charge in [0, 0.05) is 5.69 Å². The first-order valence-electron chi connectivity index (χ1n) is 8.04. The van der Waals surface area contributed by atoms with Gasteiger partial charge in [-0.1, -0.05) is 40.9 Å². The zero-order valence-corrected chi connectivity index (χ0v) is 16.9. The maximum atomic E-state index is 12.5. The van der Waals surface area contributed by atoms with E-state index in [0.717, 1.165) is 10.5 Å². The Balaban J connectivity index is 1.72. The highest BCUT2D eigenvalue weighted by atomic mass is 35.5. The Morgan fingerprint density at radius 3 is 2.39 bits per heavy atom. The summed E-state index contributed by atoms with van der Waals surface area (Å²) in [6.07, 6.45) is 1.43. The molecule has 0 saturated carbocycles. The number of imide groups is 1. The Labute approximate surface area is 175 Å².